The predicted molar refractivity (Wildman–Crippen MR) is 146 cm³/mol. The van der Waals surface area contributed by atoms with Gasteiger partial charge in [-0.25, -0.2) is 4.39 Å². The molecule has 2 bridgehead atoms. The third-order valence-corrected chi connectivity index (χ3v) is 9.00. The fourth-order valence-corrected chi connectivity index (χ4v) is 6.97. The molecule has 3 amide bonds. The van der Waals surface area contributed by atoms with Crippen molar-refractivity contribution in [2.75, 3.05) is 12.4 Å². The molecule has 3 aliphatic heterocycles. The molecule has 3 heterocycles. The highest BCUT2D eigenvalue weighted by Crippen LogP contribution is 2.55. The molecule has 40 heavy (non-hydrogen) atoms. The van der Waals surface area contributed by atoms with Gasteiger partial charge in [0.1, 0.15) is 23.2 Å². The van der Waals surface area contributed by atoms with Crippen LogP contribution in [-0.4, -0.2) is 53.5 Å². The van der Waals surface area contributed by atoms with Gasteiger partial charge in [0.2, 0.25) is 17.7 Å². The van der Waals surface area contributed by atoms with Gasteiger partial charge < -0.3 is 25.0 Å². The Labute approximate surface area is 232 Å². The van der Waals surface area contributed by atoms with Crippen LogP contribution in [0.3, 0.4) is 0 Å². The summed E-state index contributed by atoms with van der Waals surface area (Å²) >= 11 is 0. The molecule has 1 saturated carbocycles. The highest BCUT2D eigenvalue weighted by molar-refractivity contribution is 6.02. The van der Waals surface area contributed by atoms with E-state index in [9.17, 15) is 18.8 Å². The molecule has 210 valence electrons. The van der Waals surface area contributed by atoms with Gasteiger partial charge in [-0.05, 0) is 37.0 Å². The number of carbonyl (C=O) groups is 3. The normalized spacial score (nSPS) is 32.2. The number of rotatable bonds is 7. The van der Waals surface area contributed by atoms with E-state index in [1.54, 1.807) is 61.7 Å². The zero-order valence-corrected chi connectivity index (χ0v) is 22.6. The van der Waals surface area contributed by atoms with Crippen molar-refractivity contribution in [2.45, 2.75) is 62.9 Å². The summed E-state index contributed by atoms with van der Waals surface area (Å²) < 4.78 is 26.4. The first-order valence-corrected chi connectivity index (χ1v) is 14.0. The first-order valence-electron chi connectivity index (χ1n) is 14.0. The predicted octanol–water partition coefficient (Wildman–Crippen LogP) is 3.82. The average Bonchev–Trinajstić information content (AvgIpc) is 3.59. The number of hydrogen-bond donors (Lipinski definition) is 2. The number of amides is 3. The summed E-state index contributed by atoms with van der Waals surface area (Å²) in [7, 11) is 1.54. The molecule has 0 unspecified atom stereocenters. The Kier molecular flexibility index (Phi) is 6.86. The maximum absolute atomic E-state index is 14.7. The number of likely N-dealkylation sites (tertiary alicyclic amines) is 1. The number of nitrogens with one attached hydrogen (secondary N) is 2. The second-order valence-corrected chi connectivity index (χ2v) is 11.4. The highest BCUT2D eigenvalue weighted by Gasteiger charge is 2.72. The zero-order chi connectivity index (χ0) is 28.0. The number of halogens is 1. The first kappa shape index (κ1) is 26.5. The lowest BCUT2D eigenvalue weighted by Crippen LogP contribution is -2.57. The number of nitrogens with zero attached hydrogens (tertiary/aromatic N) is 1. The summed E-state index contributed by atoms with van der Waals surface area (Å²) in [4.78, 5) is 43.2. The van der Waals surface area contributed by atoms with Crippen LogP contribution < -0.4 is 15.4 Å². The van der Waals surface area contributed by atoms with E-state index in [1.807, 2.05) is 0 Å². The smallest absolute Gasteiger partial charge is 0.246 e. The van der Waals surface area contributed by atoms with Crippen molar-refractivity contribution < 1.29 is 28.2 Å². The SMILES string of the molecule is COc1cccc(NC(=O)[C@H]2[C@H]3C=C[C@@]4(O3)[C@H]2C(=O)N(Cc2ccccc2F)[C@@H]4C(=O)N[C@@H]2CCCC[C@@H]2C)c1. The summed E-state index contributed by atoms with van der Waals surface area (Å²) in [6, 6.07) is 12.1. The third-order valence-electron chi connectivity index (χ3n) is 9.00. The zero-order valence-electron chi connectivity index (χ0n) is 22.6. The Morgan fingerprint density at radius 2 is 1.93 bits per heavy atom. The van der Waals surface area contributed by atoms with Gasteiger partial charge in [0.05, 0.1) is 25.0 Å². The van der Waals surface area contributed by atoms with Crippen molar-refractivity contribution in [3.05, 3.63) is 72.1 Å². The van der Waals surface area contributed by atoms with Crippen molar-refractivity contribution in [2.24, 2.45) is 17.8 Å². The van der Waals surface area contributed by atoms with Gasteiger partial charge in [-0.2, -0.15) is 0 Å². The molecule has 3 fully saturated rings. The third kappa shape index (κ3) is 4.36. The van der Waals surface area contributed by atoms with Crippen LogP contribution in [0.1, 0.15) is 38.2 Å². The van der Waals surface area contributed by atoms with Crippen LogP contribution in [0.25, 0.3) is 0 Å². The van der Waals surface area contributed by atoms with Gasteiger partial charge in [-0.15, -0.1) is 0 Å². The minimum atomic E-state index is -1.31. The molecule has 1 aliphatic carbocycles. The van der Waals surface area contributed by atoms with Crippen molar-refractivity contribution in [3.8, 4) is 5.75 Å². The van der Waals surface area contributed by atoms with Gasteiger partial charge in [-0.1, -0.05) is 56.2 Å². The van der Waals surface area contributed by atoms with E-state index < -0.39 is 41.3 Å². The van der Waals surface area contributed by atoms with E-state index >= 15 is 0 Å². The van der Waals surface area contributed by atoms with Gasteiger partial charge in [0, 0.05) is 29.9 Å². The molecule has 2 aromatic rings. The minimum Gasteiger partial charge on any atom is -0.497 e. The summed E-state index contributed by atoms with van der Waals surface area (Å²) in [5, 5.41) is 6.09. The van der Waals surface area contributed by atoms with Crippen LogP contribution in [0.15, 0.2) is 60.7 Å². The van der Waals surface area contributed by atoms with E-state index in [0.29, 0.717) is 22.9 Å². The second-order valence-electron chi connectivity index (χ2n) is 11.4. The van der Waals surface area contributed by atoms with Crippen LogP contribution >= 0.6 is 0 Å². The highest BCUT2D eigenvalue weighted by atomic mass is 19.1. The van der Waals surface area contributed by atoms with E-state index in [1.165, 1.54) is 11.0 Å². The topological polar surface area (TPSA) is 97.0 Å². The molecule has 9 heteroatoms. The molecule has 2 aromatic carbocycles. The van der Waals surface area contributed by atoms with Crippen molar-refractivity contribution in [3.63, 3.8) is 0 Å². The van der Waals surface area contributed by atoms with Crippen LogP contribution in [0, 0.1) is 23.6 Å². The molecular formula is C31H34FN3O5. The Hall–Kier alpha value is -3.72. The van der Waals surface area contributed by atoms with Gasteiger partial charge >= 0.3 is 0 Å². The Morgan fingerprint density at radius 1 is 1.12 bits per heavy atom. The summed E-state index contributed by atoms with van der Waals surface area (Å²) in [6.45, 7) is 2.02. The molecule has 6 rings (SSSR count). The Bertz CT molecular complexity index is 1360. The van der Waals surface area contributed by atoms with Crippen LogP contribution in [0.2, 0.25) is 0 Å². The van der Waals surface area contributed by atoms with Crippen LogP contribution in [0.5, 0.6) is 5.75 Å². The largest absolute Gasteiger partial charge is 0.497 e. The van der Waals surface area contributed by atoms with Gasteiger partial charge in [0.15, 0.2) is 0 Å². The lowest BCUT2D eigenvalue weighted by Gasteiger charge is -2.36. The Morgan fingerprint density at radius 3 is 2.70 bits per heavy atom. The molecule has 7 atom stereocenters. The lowest BCUT2D eigenvalue weighted by molar-refractivity contribution is -0.142. The van der Waals surface area contributed by atoms with Gasteiger partial charge in [0.25, 0.3) is 0 Å². The maximum atomic E-state index is 14.7. The van der Waals surface area contributed by atoms with Crippen molar-refractivity contribution in [1.29, 1.82) is 0 Å². The number of carbonyl (C=O) groups excluding carboxylic acids is 3. The maximum Gasteiger partial charge on any atom is 0.246 e. The molecule has 2 N–H and O–H groups in total. The second kappa shape index (κ2) is 10.4. The number of fused-ring (bicyclic) bond motifs is 1. The number of methoxy groups -OCH3 is 1. The van der Waals surface area contributed by atoms with Crippen LogP contribution in [0.4, 0.5) is 10.1 Å². The molecule has 0 radical (unpaired) electrons. The first-order chi connectivity index (χ1) is 19.3. The van der Waals surface area contributed by atoms with E-state index in [4.69, 9.17) is 9.47 Å². The summed E-state index contributed by atoms with van der Waals surface area (Å²) in [5.74, 6) is -2.44. The van der Waals surface area contributed by atoms with Crippen molar-refractivity contribution >= 4 is 23.4 Å². The lowest BCUT2D eigenvalue weighted by atomic mass is 9.74. The Balaban J connectivity index is 1.33. The van der Waals surface area contributed by atoms with E-state index in [2.05, 4.69) is 17.6 Å². The van der Waals surface area contributed by atoms with E-state index in [-0.39, 0.29) is 24.4 Å². The van der Waals surface area contributed by atoms with Gasteiger partial charge in [-0.3, -0.25) is 14.4 Å². The fourth-order valence-electron chi connectivity index (χ4n) is 6.97. The number of benzene rings is 2. The number of anilines is 1. The number of hydrogen-bond acceptors (Lipinski definition) is 5. The monoisotopic (exact) mass is 547 g/mol. The fraction of sp³-hybridized carbons (Fsp3) is 0.452. The summed E-state index contributed by atoms with van der Waals surface area (Å²) in [5.41, 5.74) is -0.489. The number of ether oxygens (including phenoxy) is 2. The molecule has 2 saturated heterocycles. The molecule has 1 spiro atoms. The standard InChI is InChI=1S/C31H34FN3O5/c1-18-8-3-6-13-23(18)34-29(37)27-31-15-14-24(40-31)25(28(36)33-20-10-7-11-21(16-20)39-2)26(31)30(38)35(27)17-19-9-4-5-12-22(19)32/h4-5,7,9-12,14-16,18,23-27H,3,6,8,13,17H2,1-2H3,(H,33,36)(H,34,37)/t18-,23+,24+,25-,26+,27+,31+/m0/s1. The van der Waals surface area contributed by atoms with Crippen molar-refractivity contribution in [1.82, 2.24) is 10.2 Å². The quantitative estimate of drug-likeness (QED) is 0.514. The van der Waals surface area contributed by atoms with E-state index in [0.717, 1.165) is 25.7 Å². The minimum absolute atomic E-state index is 0.0168. The molecular weight excluding hydrogens is 513 g/mol. The molecule has 8 nitrogen and oxygen atoms in total. The summed E-state index contributed by atoms with van der Waals surface area (Å²) in [6.07, 6.45) is 6.92. The average molecular weight is 548 g/mol. The molecule has 0 aromatic heterocycles. The molecule has 4 aliphatic rings. The van der Waals surface area contributed by atoms with Crippen LogP contribution in [-0.2, 0) is 25.7 Å².